The van der Waals surface area contributed by atoms with Crippen LogP contribution in [0.3, 0.4) is 0 Å². The molecule has 0 aromatic carbocycles. The van der Waals surface area contributed by atoms with E-state index in [1.54, 1.807) is 0 Å². The first-order chi connectivity index (χ1) is 9.04. The first kappa shape index (κ1) is 14.5. The molecule has 2 amide bonds. The number of carboxylic acid groups (broad SMARTS) is 1. The van der Waals surface area contributed by atoms with Crippen molar-refractivity contribution in [3.63, 3.8) is 0 Å². The Morgan fingerprint density at radius 1 is 1.37 bits per heavy atom. The van der Waals surface area contributed by atoms with E-state index in [0.29, 0.717) is 13.1 Å². The Balaban J connectivity index is 1.69. The third kappa shape index (κ3) is 4.03. The molecule has 2 aliphatic rings. The Hall–Kier alpha value is -0.910. The number of hydrogen-bond donors (Lipinski definition) is 2. The second-order valence-corrected chi connectivity index (χ2v) is 6.85. The summed E-state index contributed by atoms with van der Waals surface area (Å²) in [5.41, 5.74) is 0. The van der Waals surface area contributed by atoms with Crippen LogP contribution in [-0.2, 0) is 4.79 Å². The number of nitrogens with one attached hydrogen (secondary N) is 1. The molecular formula is C13H22N2O3S. The summed E-state index contributed by atoms with van der Waals surface area (Å²) in [5.74, 6) is -0.513. The normalized spacial score (nSPS) is 22.1. The molecule has 0 aromatic rings. The van der Waals surface area contributed by atoms with Crippen LogP contribution in [0.4, 0.5) is 4.79 Å². The number of likely N-dealkylation sites (tertiary alicyclic amines) is 1. The van der Waals surface area contributed by atoms with Crippen molar-refractivity contribution in [1.29, 1.82) is 0 Å². The van der Waals surface area contributed by atoms with E-state index in [1.165, 1.54) is 12.8 Å². The zero-order valence-corrected chi connectivity index (χ0v) is 12.2. The highest BCUT2D eigenvalue weighted by atomic mass is 32.2. The lowest BCUT2D eigenvalue weighted by Gasteiger charge is -2.31. The molecule has 0 spiro atoms. The van der Waals surface area contributed by atoms with Crippen molar-refractivity contribution < 1.29 is 14.7 Å². The van der Waals surface area contributed by atoms with Crippen LogP contribution in [0.15, 0.2) is 0 Å². The second-order valence-electron chi connectivity index (χ2n) is 5.57. The van der Waals surface area contributed by atoms with Gasteiger partial charge in [-0.25, -0.2) is 4.79 Å². The van der Waals surface area contributed by atoms with Crippen LogP contribution >= 0.6 is 11.8 Å². The number of piperidine rings is 1. The number of rotatable bonds is 5. The molecule has 108 valence electrons. The van der Waals surface area contributed by atoms with Crippen molar-refractivity contribution in [2.24, 2.45) is 5.92 Å². The molecule has 5 nitrogen and oxygen atoms in total. The molecule has 0 atom stereocenters. The summed E-state index contributed by atoms with van der Waals surface area (Å²) in [7, 11) is 0. The van der Waals surface area contributed by atoms with Crippen molar-refractivity contribution >= 4 is 23.8 Å². The highest BCUT2D eigenvalue weighted by molar-refractivity contribution is 8.00. The number of carbonyl (C=O) groups is 2. The number of carbonyl (C=O) groups excluding carboxylic acids is 1. The third-order valence-electron chi connectivity index (χ3n) is 4.17. The van der Waals surface area contributed by atoms with Crippen LogP contribution in [0.2, 0.25) is 0 Å². The smallest absolute Gasteiger partial charge is 0.317 e. The number of hydrogen-bond acceptors (Lipinski definition) is 3. The van der Waals surface area contributed by atoms with Gasteiger partial charge in [0.2, 0.25) is 0 Å². The maximum absolute atomic E-state index is 12.0. The highest BCUT2D eigenvalue weighted by Crippen LogP contribution is 2.46. The highest BCUT2D eigenvalue weighted by Gasteiger charge is 2.42. The first-order valence-electron chi connectivity index (χ1n) is 6.84. The molecule has 1 saturated heterocycles. The third-order valence-corrected chi connectivity index (χ3v) is 5.59. The Labute approximate surface area is 118 Å². The Kier molecular flexibility index (Phi) is 4.60. The predicted molar refractivity (Wildman–Crippen MR) is 75.4 cm³/mol. The molecule has 2 fully saturated rings. The SMILES string of the molecule is CSC1(CNC(=O)N2CCC(CC(=O)O)CC2)CC1. The number of amides is 2. The summed E-state index contributed by atoms with van der Waals surface area (Å²) >= 11 is 1.84. The number of carboxylic acids is 1. The standard InChI is InChI=1S/C13H22N2O3S/c1-19-13(4-5-13)9-14-12(18)15-6-2-10(3-7-15)8-11(16)17/h10H,2-9H2,1H3,(H,14,18)(H,16,17). The molecule has 6 heteroatoms. The Morgan fingerprint density at radius 2 is 2.00 bits per heavy atom. The predicted octanol–water partition coefficient (Wildman–Crippen LogP) is 1.78. The number of thioether (sulfide) groups is 1. The maximum atomic E-state index is 12.0. The lowest BCUT2D eigenvalue weighted by molar-refractivity contribution is -0.138. The molecule has 0 unspecified atom stereocenters. The second kappa shape index (κ2) is 6.03. The van der Waals surface area contributed by atoms with Gasteiger partial charge in [0.1, 0.15) is 0 Å². The van der Waals surface area contributed by atoms with Gasteiger partial charge in [0, 0.05) is 30.8 Å². The van der Waals surface area contributed by atoms with Gasteiger partial charge in [-0.15, -0.1) is 0 Å². The fraction of sp³-hybridized carbons (Fsp3) is 0.846. The lowest BCUT2D eigenvalue weighted by atomic mass is 9.94. The van der Waals surface area contributed by atoms with Crippen LogP contribution in [0.1, 0.15) is 32.1 Å². The molecule has 1 heterocycles. The molecule has 2 N–H and O–H groups in total. The van der Waals surface area contributed by atoms with Crippen molar-refractivity contribution in [2.45, 2.75) is 36.9 Å². The fourth-order valence-electron chi connectivity index (χ4n) is 2.53. The van der Waals surface area contributed by atoms with Gasteiger partial charge >= 0.3 is 12.0 Å². The minimum Gasteiger partial charge on any atom is -0.481 e. The van der Waals surface area contributed by atoms with Gasteiger partial charge in [0.25, 0.3) is 0 Å². The van der Waals surface area contributed by atoms with E-state index < -0.39 is 5.97 Å². The van der Waals surface area contributed by atoms with Gasteiger partial charge in [-0.2, -0.15) is 11.8 Å². The van der Waals surface area contributed by atoms with Crippen molar-refractivity contribution in [2.75, 3.05) is 25.9 Å². The van der Waals surface area contributed by atoms with Gasteiger partial charge in [-0.3, -0.25) is 4.79 Å². The molecule has 2 rings (SSSR count). The van der Waals surface area contributed by atoms with Crippen molar-refractivity contribution in [3.8, 4) is 0 Å². The number of nitrogens with zero attached hydrogens (tertiary/aromatic N) is 1. The monoisotopic (exact) mass is 286 g/mol. The van der Waals surface area contributed by atoms with Gasteiger partial charge in [-0.05, 0) is 37.9 Å². The molecule has 0 radical (unpaired) electrons. The molecule has 1 aliphatic carbocycles. The fourth-order valence-corrected chi connectivity index (χ4v) is 3.25. The van der Waals surface area contributed by atoms with E-state index in [-0.39, 0.29) is 23.1 Å². The molecule has 19 heavy (non-hydrogen) atoms. The molecule has 1 saturated carbocycles. The van der Waals surface area contributed by atoms with E-state index in [0.717, 1.165) is 19.4 Å². The van der Waals surface area contributed by atoms with Crippen LogP contribution in [0.25, 0.3) is 0 Å². The van der Waals surface area contributed by atoms with Gasteiger partial charge in [0.15, 0.2) is 0 Å². The van der Waals surface area contributed by atoms with Crippen LogP contribution < -0.4 is 5.32 Å². The summed E-state index contributed by atoms with van der Waals surface area (Å²) in [4.78, 5) is 24.5. The Bertz CT molecular complexity index is 350. The molecule has 0 bridgehead atoms. The Morgan fingerprint density at radius 3 is 2.47 bits per heavy atom. The van der Waals surface area contributed by atoms with E-state index >= 15 is 0 Å². The minimum absolute atomic E-state index is 0.00843. The van der Waals surface area contributed by atoms with Gasteiger partial charge < -0.3 is 15.3 Å². The van der Waals surface area contributed by atoms with Crippen molar-refractivity contribution in [3.05, 3.63) is 0 Å². The largest absolute Gasteiger partial charge is 0.481 e. The summed E-state index contributed by atoms with van der Waals surface area (Å²) in [6.07, 6.45) is 6.30. The number of aliphatic carboxylic acids is 1. The molecule has 1 aliphatic heterocycles. The van der Waals surface area contributed by atoms with E-state index in [4.69, 9.17) is 5.11 Å². The summed E-state index contributed by atoms with van der Waals surface area (Å²) in [6, 6.07) is 0.00843. The van der Waals surface area contributed by atoms with E-state index in [9.17, 15) is 9.59 Å². The first-order valence-corrected chi connectivity index (χ1v) is 8.07. The van der Waals surface area contributed by atoms with E-state index in [1.807, 2.05) is 16.7 Å². The quantitative estimate of drug-likeness (QED) is 0.808. The number of urea groups is 1. The van der Waals surface area contributed by atoms with Crippen LogP contribution in [0.5, 0.6) is 0 Å². The van der Waals surface area contributed by atoms with Gasteiger partial charge in [0.05, 0.1) is 0 Å². The summed E-state index contributed by atoms with van der Waals surface area (Å²) in [6.45, 7) is 2.11. The average molecular weight is 286 g/mol. The maximum Gasteiger partial charge on any atom is 0.317 e. The van der Waals surface area contributed by atoms with Crippen molar-refractivity contribution in [1.82, 2.24) is 10.2 Å². The zero-order chi connectivity index (χ0) is 13.9. The topological polar surface area (TPSA) is 69.6 Å². The molecule has 0 aromatic heterocycles. The lowest BCUT2D eigenvalue weighted by Crippen LogP contribution is -2.46. The van der Waals surface area contributed by atoms with Crippen LogP contribution in [-0.4, -0.2) is 52.6 Å². The summed E-state index contributed by atoms with van der Waals surface area (Å²) < 4.78 is 0.289. The minimum atomic E-state index is -0.737. The van der Waals surface area contributed by atoms with Gasteiger partial charge in [-0.1, -0.05) is 0 Å². The zero-order valence-electron chi connectivity index (χ0n) is 11.4. The molecular weight excluding hydrogens is 264 g/mol. The van der Waals surface area contributed by atoms with E-state index in [2.05, 4.69) is 11.6 Å². The average Bonchev–Trinajstić information content (AvgIpc) is 3.17. The van der Waals surface area contributed by atoms with Crippen LogP contribution in [0, 0.1) is 5.92 Å². The summed E-state index contributed by atoms with van der Waals surface area (Å²) in [5, 5.41) is 11.8.